The molecule has 2 N–H and O–H groups in total. The molecule has 0 spiro atoms. The molecule has 5 heteroatoms. The summed E-state index contributed by atoms with van der Waals surface area (Å²) in [6.07, 6.45) is 9.92. The van der Waals surface area contributed by atoms with Gasteiger partial charge in [-0.15, -0.1) is 0 Å². The number of nitrogens with one attached hydrogen (secondary N) is 2. The summed E-state index contributed by atoms with van der Waals surface area (Å²) in [6, 6.07) is 0.308. The molecule has 0 aromatic carbocycles. The third kappa shape index (κ3) is 6.24. The number of amides is 3. The Bertz CT molecular complexity index is 434. The highest BCUT2D eigenvalue weighted by molar-refractivity contribution is 5.77. The number of allylic oxidation sites excluding steroid dienone is 1. The van der Waals surface area contributed by atoms with E-state index in [4.69, 9.17) is 0 Å². The highest BCUT2D eigenvalue weighted by Gasteiger charge is 2.26. The zero-order chi connectivity index (χ0) is 16.7. The van der Waals surface area contributed by atoms with Crippen LogP contribution >= 0.6 is 0 Å². The largest absolute Gasteiger partial charge is 0.353 e. The minimum atomic E-state index is 0.0150. The average molecular weight is 321 g/mol. The quantitative estimate of drug-likeness (QED) is 0.765. The maximum Gasteiger partial charge on any atom is 0.317 e. The van der Waals surface area contributed by atoms with Gasteiger partial charge in [0.1, 0.15) is 0 Å². The topological polar surface area (TPSA) is 61.4 Å². The van der Waals surface area contributed by atoms with Gasteiger partial charge in [-0.05, 0) is 43.9 Å². The van der Waals surface area contributed by atoms with E-state index >= 15 is 0 Å². The van der Waals surface area contributed by atoms with Gasteiger partial charge in [0.25, 0.3) is 0 Å². The number of piperidine rings is 1. The second-order valence-corrected chi connectivity index (χ2v) is 7.29. The second-order valence-electron chi connectivity index (χ2n) is 7.29. The van der Waals surface area contributed by atoms with Gasteiger partial charge in [-0.2, -0.15) is 0 Å². The number of urea groups is 1. The van der Waals surface area contributed by atoms with Crippen LogP contribution in [0.4, 0.5) is 4.79 Å². The van der Waals surface area contributed by atoms with Crippen molar-refractivity contribution in [2.75, 3.05) is 19.6 Å². The third-order valence-electron chi connectivity index (χ3n) is 4.58. The van der Waals surface area contributed by atoms with Gasteiger partial charge in [-0.1, -0.05) is 26.0 Å². The minimum absolute atomic E-state index is 0.0150. The van der Waals surface area contributed by atoms with Gasteiger partial charge < -0.3 is 15.5 Å². The Morgan fingerprint density at radius 2 is 2.09 bits per heavy atom. The molecule has 0 aromatic heterocycles. The number of nitrogens with zero attached hydrogens (tertiary/aromatic N) is 1. The lowest BCUT2D eigenvalue weighted by Crippen LogP contribution is -2.47. The third-order valence-corrected chi connectivity index (χ3v) is 4.58. The number of likely N-dealkylation sites (tertiary alicyclic amines) is 1. The standard InChI is InChI=1S/C18H31N3O2/c1-14(2)12-19-18(23)21-10-6-7-15(13-21)11-17(22)20-16-8-4-3-5-9-16/h3-4,14-16H,5-13H2,1-2H3,(H,19,23)(H,20,22)/t15-,16+/m1/s1. The fourth-order valence-electron chi connectivity index (χ4n) is 3.29. The molecule has 0 saturated carbocycles. The van der Waals surface area contributed by atoms with Crippen LogP contribution in [0.1, 0.15) is 52.4 Å². The van der Waals surface area contributed by atoms with Crippen molar-refractivity contribution in [2.45, 2.75) is 58.4 Å². The number of hydrogen-bond donors (Lipinski definition) is 2. The first kappa shape index (κ1) is 17.8. The van der Waals surface area contributed by atoms with Crippen molar-refractivity contribution in [3.05, 3.63) is 12.2 Å². The van der Waals surface area contributed by atoms with Crippen molar-refractivity contribution in [3.8, 4) is 0 Å². The molecule has 2 atom stereocenters. The van der Waals surface area contributed by atoms with E-state index in [1.165, 1.54) is 0 Å². The molecule has 0 radical (unpaired) electrons. The fraction of sp³-hybridized carbons (Fsp3) is 0.778. The Labute approximate surface area is 139 Å². The van der Waals surface area contributed by atoms with Gasteiger partial charge >= 0.3 is 6.03 Å². The van der Waals surface area contributed by atoms with Crippen molar-refractivity contribution in [1.82, 2.24) is 15.5 Å². The maximum atomic E-state index is 12.2. The predicted molar refractivity (Wildman–Crippen MR) is 92.1 cm³/mol. The van der Waals surface area contributed by atoms with Crippen LogP contribution in [-0.4, -0.2) is 42.5 Å². The lowest BCUT2D eigenvalue weighted by atomic mass is 9.94. The number of rotatable bonds is 5. The SMILES string of the molecule is CC(C)CNC(=O)N1CCC[C@H](CC(=O)N[C@H]2CC=CCC2)C1. The molecule has 5 nitrogen and oxygen atoms in total. The molecule has 2 aliphatic rings. The van der Waals surface area contributed by atoms with Gasteiger partial charge in [-0.3, -0.25) is 4.79 Å². The van der Waals surface area contributed by atoms with Crippen LogP contribution in [0.5, 0.6) is 0 Å². The molecule has 0 bridgehead atoms. The molecule has 1 aliphatic heterocycles. The van der Waals surface area contributed by atoms with Gasteiger partial charge in [0.2, 0.25) is 5.91 Å². The van der Waals surface area contributed by atoms with Crippen molar-refractivity contribution in [2.24, 2.45) is 11.8 Å². The Morgan fingerprint density at radius 3 is 2.78 bits per heavy atom. The molecular weight excluding hydrogens is 290 g/mol. The first-order chi connectivity index (χ1) is 11.0. The summed E-state index contributed by atoms with van der Waals surface area (Å²) in [5.74, 6) is 0.877. The molecule has 3 amide bonds. The monoisotopic (exact) mass is 321 g/mol. The molecule has 1 aliphatic carbocycles. The smallest absolute Gasteiger partial charge is 0.317 e. The Hall–Kier alpha value is -1.52. The molecule has 0 unspecified atom stereocenters. The van der Waals surface area contributed by atoms with Crippen LogP contribution in [-0.2, 0) is 4.79 Å². The van der Waals surface area contributed by atoms with E-state index in [1.807, 2.05) is 4.90 Å². The number of carbonyl (C=O) groups is 2. The van der Waals surface area contributed by atoms with E-state index < -0.39 is 0 Å². The summed E-state index contributed by atoms with van der Waals surface area (Å²) in [4.78, 5) is 26.2. The van der Waals surface area contributed by atoms with Gasteiger partial charge in [0.15, 0.2) is 0 Å². The Balaban J connectivity index is 1.73. The van der Waals surface area contributed by atoms with Crippen LogP contribution in [0.15, 0.2) is 12.2 Å². The van der Waals surface area contributed by atoms with E-state index in [0.29, 0.717) is 31.5 Å². The van der Waals surface area contributed by atoms with Crippen LogP contribution in [0.3, 0.4) is 0 Å². The normalized spacial score (nSPS) is 24.6. The molecule has 1 heterocycles. The second kappa shape index (κ2) is 8.94. The summed E-state index contributed by atoms with van der Waals surface area (Å²) in [6.45, 7) is 6.38. The zero-order valence-corrected chi connectivity index (χ0v) is 14.5. The van der Waals surface area contributed by atoms with Crippen LogP contribution in [0, 0.1) is 11.8 Å². The van der Waals surface area contributed by atoms with E-state index in [1.54, 1.807) is 0 Å². The van der Waals surface area contributed by atoms with Crippen molar-refractivity contribution >= 4 is 11.9 Å². The summed E-state index contributed by atoms with van der Waals surface area (Å²) in [5, 5.41) is 6.11. The molecule has 1 fully saturated rings. The van der Waals surface area contributed by atoms with Crippen molar-refractivity contribution in [3.63, 3.8) is 0 Å². The maximum absolute atomic E-state index is 12.2. The van der Waals surface area contributed by atoms with Crippen molar-refractivity contribution < 1.29 is 9.59 Å². The molecule has 2 rings (SSSR count). The summed E-state index contributed by atoms with van der Waals surface area (Å²) in [5.41, 5.74) is 0. The lowest BCUT2D eigenvalue weighted by Gasteiger charge is -2.33. The number of carbonyl (C=O) groups excluding carboxylic acids is 2. The summed E-state index contributed by atoms with van der Waals surface area (Å²) >= 11 is 0. The first-order valence-corrected chi connectivity index (χ1v) is 9.01. The lowest BCUT2D eigenvalue weighted by molar-refractivity contribution is -0.123. The minimum Gasteiger partial charge on any atom is -0.353 e. The molecule has 130 valence electrons. The Kier molecular flexibility index (Phi) is 6.93. The highest BCUT2D eigenvalue weighted by atomic mass is 16.2. The molecule has 0 aromatic rings. The summed E-state index contributed by atoms with van der Waals surface area (Å²) in [7, 11) is 0. The van der Waals surface area contributed by atoms with E-state index in [-0.39, 0.29) is 17.9 Å². The van der Waals surface area contributed by atoms with Gasteiger partial charge in [0.05, 0.1) is 0 Å². The first-order valence-electron chi connectivity index (χ1n) is 9.01. The van der Waals surface area contributed by atoms with E-state index in [0.717, 1.165) is 38.6 Å². The molecule has 23 heavy (non-hydrogen) atoms. The highest BCUT2D eigenvalue weighted by Crippen LogP contribution is 2.20. The average Bonchev–Trinajstić information content (AvgIpc) is 2.53. The van der Waals surface area contributed by atoms with Gasteiger partial charge in [0, 0.05) is 32.1 Å². The fourth-order valence-corrected chi connectivity index (χ4v) is 3.29. The Morgan fingerprint density at radius 1 is 1.26 bits per heavy atom. The molecule has 1 saturated heterocycles. The van der Waals surface area contributed by atoms with E-state index in [2.05, 4.69) is 36.6 Å². The summed E-state index contributed by atoms with van der Waals surface area (Å²) < 4.78 is 0. The van der Waals surface area contributed by atoms with Crippen LogP contribution in [0.2, 0.25) is 0 Å². The molecular formula is C18H31N3O2. The predicted octanol–water partition coefficient (Wildman–Crippen LogP) is 2.68. The van der Waals surface area contributed by atoms with Crippen LogP contribution in [0.25, 0.3) is 0 Å². The van der Waals surface area contributed by atoms with Crippen molar-refractivity contribution in [1.29, 1.82) is 0 Å². The van der Waals surface area contributed by atoms with E-state index in [9.17, 15) is 9.59 Å². The van der Waals surface area contributed by atoms with Gasteiger partial charge in [-0.25, -0.2) is 4.79 Å². The number of hydrogen-bond acceptors (Lipinski definition) is 2. The van der Waals surface area contributed by atoms with Crippen LogP contribution < -0.4 is 10.6 Å². The zero-order valence-electron chi connectivity index (χ0n) is 14.5.